The van der Waals surface area contributed by atoms with Gasteiger partial charge in [-0.3, -0.25) is 4.79 Å². The normalized spacial score (nSPS) is 26.7. The van der Waals surface area contributed by atoms with Crippen LogP contribution in [0.3, 0.4) is 0 Å². The van der Waals surface area contributed by atoms with Gasteiger partial charge in [0.25, 0.3) is 0 Å². The number of rotatable bonds is 5. The van der Waals surface area contributed by atoms with Crippen molar-refractivity contribution in [1.29, 1.82) is 0 Å². The van der Waals surface area contributed by atoms with Crippen LogP contribution >= 0.6 is 0 Å². The van der Waals surface area contributed by atoms with E-state index in [1.807, 2.05) is 25.1 Å². The van der Waals surface area contributed by atoms with Crippen LogP contribution in [0.1, 0.15) is 38.1 Å². The van der Waals surface area contributed by atoms with Crippen LogP contribution in [-0.4, -0.2) is 44.6 Å². The monoisotopic (exact) mass is 412 g/mol. The molecule has 2 aliphatic heterocycles. The second-order valence-electron chi connectivity index (χ2n) is 9.23. The zero-order chi connectivity index (χ0) is 20.6. The summed E-state index contributed by atoms with van der Waals surface area (Å²) in [4.78, 5) is 20.9. The molecular formula is C23H32N2O3Si. The minimum Gasteiger partial charge on any atom is -0.465 e. The third-order valence-electron chi connectivity index (χ3n) is 6.99. The first kappa shape index (κ1) is 20.4. The highest BCUT2D eigenvalue weighted by Crippen LogP contribution is 2.41. The molecule has 0 saturated carbocycles. The number of H-pyrrole nitrogens is 1. The van der Waals surface area contributed by atoms with Gasteiger partial charge in [0.15, 0.2) is 0 Å². The number of imidazole rings is 1. The fourth-order valence-electron chi connectivity index (χ4n) is 4.61. The Bertz CT molecular complexity index is 933. The Morgan fingerprint density at radius 3 is 2.86 bits per heavy atom. The maximum absolute atomic E-state index is 12.6. The average Bonchev–Trinajstić information content (AvgIpc) is 2.99. The van der Waals surface area contributed by atoms with Crippen LogP contribution in [0.5, 0.6) is 0 Å². The van der Waals surface area contributed by atoms with Gasteiger partial charge < -0.3 is 14.5 Å². The van der Waals surface area contributed by atoms with Crippen LogP contribution < -0.4 is 0 Å². The first-order valence-corrected chi connectivity index (χ1v) is 13.6. The summed E-state index contributed by atoms with van der Waals surface area (Å²) in [6.07, 6.45) is 3.27. The molecule has 1 aromatic carbocycles. The van der Waals surface area contributed by atoms with Crippen LogP contribution in [0, 0.1) is 5.41 Å². The summed E-state index contributed by atoms with van der Waals surface area (Å²) in [6, 6.07) is 8.79. The number of esters is 1. The zero-order valence-corrected chi connectivity index (χ0v) is 19.0. The lowest BCUT2D eigenvalue weighted by Gasteiger charge is -2.39. The van der Waals surface area contributed by atoms with Crippen LogP contribution in [0.2, 0.25) is 18.6 Å². The number of allylic oxidation sites excluding steroid dienone is 1. The smallest absolute Gasteiger partial charge is 0.321 e. The lowest BCUT2D eigenvalue weighted by atomic mass is 9.76. The summed E-state index contributed by atoms with van der Waals surface area (Å²) in [5.41, 5.74) is 3.66. The van der Waals surface area contributed by atoms with Gasteiger partial charge in [-0.05, 0) is 42.9 Å². The fraction of sp³-hybridized carbons (Fsp3) is 0.565. The van der Waals surface area contributed by atoms with E-state index in [4.69, 9.17) is 14.5 Å². The van der Waals surface area contributed by atoms with E-state index in [-0.39, 0.29) is 11.4 Å². The van der Waals surface area contributed by atoms with E-state index in [0.717, 1.165) is 35.3 Å². The molecule has 2 aliphatic rings. The number of aromatic nitrogens is 2. The number of aromatic amines is 1. The lowest BCUT2D eigenvalue weighted by molar-refractivity contribution is -0.169. The van der Waals surface area contributed by atoms with Gasteiger partial charge in [0, 0.05) is 15.2 Å². The summed E-state index contributed by atoms with van der Waals surface area (Å²) < 4.78 is 10.7. The van der Waals surface area contributed by atoms with Crippen molar-refractivity contribution in [2.75, 3.05) is 19.8 Å². The van der Waals surface area contributed by atoms with E-state index >= 15 is 0 Å². The Labute approximate surface area is 174 Å². The highest BCUT2D eigenvalue weighted by molar-refractivity contribution is 6.57. The fourth-order valence-corrected chi connectivity index (χ4v) is 6.87. The topological polar surface area (TPSA) is 64.2 Å². The van der Waals surface area contributed by atoms with Gasteiger partial charge in [0.05, 0.1) is 30.9 Å². The molecule has 0 spiro atoms. The van der Waals surface area contributed by atoms with Crippen LogP contribution in [0.15, 0.2) is 30.4 Å². The maximum atomic E-state index is 12.6. The Hall–Kier alpha value is -1.92. The Morgan fingerprint density at radius 2 is 2.17 bits per heavy atom. The molecule has 5 nitrogen and oxygen atoms in total. The van der Waals surface area contributed by atoms with E-state index in [2.05, 4.69) is 25.0 Å². The number of hydrogen-bond acceptors (Lipinski definition) is 4. The molecular weight excluding hydrogens is 380 g/mol. The van der Waals surface area contributed by atoms with Crippen molar-refractivity contribution in [1.82, 2.24) is 9.97 Å². The standard InChI is InChI=1S/C23H32N2O3Si/c1-5-28-21(26)23(14-27-15-23)17-6-7-18-19(12-17)25-20(24-18)13-22(3)9-11-29(4)10-8-16(22)2/h6-7,12,29H,2,5,8-11,13-15H2,1,3-4H3,(H,24,25)/t22-,29-/m0/s1. The van der Waals surface area contributed by atoms with Crippen molar-refractivity contribution >= 4 is 25.8 Å². The minimum absolute atomic E-state index is 0.114. The summed E-state index contributed by atoms with van der Waals surface area (Å²) in [6.45, 7) is 12.2. The predicted molar refractivity (Wildman–Crippen MR) is 118 cm³/mol. The van der Waals surface area contributed by atoms with Crippen molar-refractivity contribution in [3.05, 3.63) is 41.7 Å². The van der Waals surface area contributed by atoms with E-state index in [1.165, 1.54) is 24.1 Å². The number of nitrogens with one attached hydrogen (secondary N) is 1. The second-order valence-corrected chi connectivity index (χ2v) is 12.6. The molecule has 0 amide bonds. The third-order valence-corrected chi connectivity index (χ3v) is 9.53. The van der Waals surface area contributed by atoms with Gasteiger partial charge in [-0.2, -0.15) is 0 Å². The van der Waals surface area contributed by atoms with E-state index in [1.54, 1.807) is 0 Å². The Kier molecular flexibility index (Phi) is 5.42. The summed E-state index contributed by atoms with van der Waals surface area (Å²) in [5.74, 6) is 0.804. The first-order chi connectivity index (χ1) is 13.9. The Balaban J connectivity index is 1.60. The molecule has 0 unspecified atom stereocenters. The molecule has 1 N–H and O–H groups in total. The molecule has 0 aliphatic carbocycles. The molecule has 6 heteroatoms. The van der Waals surface area contributed by atoms with Gasteiger partial charge in [-0.25, -0.2) is 4.98 Å². The van der Waals surface area contributed by atoms with Crippen LogP contribution in [0.25, 0.3) is 11.0 Å². The molecule has 2 aromatic rings. The molecule has 2 saturated heterocycles. The summed E-state index contributed by atoms with van der Waals surface area (Å²) in [5, 5.41) is 0. The molecule has 156 valence electrons. The Morgan fingerprint density at radius 1 is 1.38 bits per heavy atom. The number of carbonyl (C=O) groups excluding carboxylic acids is 1. The van der Waals surface area contributed by atoms with E-state index in [0.29, 0.717) is 19.8 Å². The molecule has 3 heterocycles. The van der Waals surface area contributed by atoms with Gasteiger partial charge in [-0.1, -0.05) is 43.8 Å². The van der Waals surface area contributed by atoms with Crippen molar-refractivity contribution < 1.29 is 14.3 Å². The number of hydrogen-bond donors (Lipinski definition) is 1. The van der Waals surface area contributed by atoms with E-state index in [9.17, 15) is 4.79 Å². The number of carbonyl (C=O) groups is 1. The molecule has 4 rings (SSSR count). The second kappa shape index (κ2) is 7.72. The molecule has 29 heavy (non-hydrogen) atoms. The quantitative estimate of drug-likeness (QED) is 0.455. The largest absolute Gasteiger partial charge is 0.465 e. The van der Waals surface area contributed by atoms with Gasteiger partial charge in [0.1, 0.15) is 11.2 Å². The number of ether oxygens (including phenoxy) is 2. The van der Waals surface area contributed by atoms with Gasteiger partial charge in [-0.15, -0.1) is 0 Å². The first-order valence-electron chi connectivity index (χ1n) is 10.8. The minimum atomic E-state index is -0.683. The number of benzene rings is 1. The average molecular weight is 413 g/mol. The van der Waals surface area contributed by atoms with Crippen molar-refractivity contribution in [2.24, 2.45) is 5.41 Å². The van der Waals surface area contributed by atoms with Crippen molar-refractivity contribution in [3.63, 3.8) is 0 Å². The van der Waals surface area contributed by atoms with Crippen molar-refractivity contribution in [2.45, 2.75) is 57.2 Å². The number of nitrogens with zero attached hydrogens (tertiary/aromatic N) is 1. The molecule has 2 fully saturated rings. The highest BCUT2D eigenvalue weighted by Gasteiger charge is 2.49. The van der Waals surface area contributed by atoms with Gasteiger partial charge in [0.2, 0.25) is 0 Å². The van der Waals surface area contributed by atoms with Crippen LogP contribution in [-0.2, 0) is 26.1 Å². The summed E-state index contributed by atoms with van der Waals surface area (Å²) >= 11 is 0. The molecule has 1 aromatic heterocycles. The third kappa shape index (κ3) is 3.68. The highest BCUT2D eigenvalue weighted by atomic mass is 28.3. The predicted octanol–water partition coefficient (Wildman–Crippen LogP) is 4.15. The number of fused-ring (bicyclic) bond motifs is 1. The zero-order valence-electron chi connectivity index (χ0n) is 17.8. The lowest BCUT2D eigenvalue weighted by Crippen LogP contribution is -2.53. The molecule has 0 radical (unpaired) electrons. The van der Waals surface area contributed by atoms with E-state index < -0.39 is 14.2 Å². The van der Waals surface area contributed by atoms with Gasteiger partial charge >= 0.3 is 5.97 Å². The molecule has 0 bridgehead atoms. The summed E-state index contributed by atoms with van der Waals surface area (Å²) in [7, 11) is -0.584. The van der Waals surface area contributed by atoms with Crippen molar-refractivity contribution in [3.8, 4) is 0 Å². The SMILES string of the molecule is C=C1CC[Si@H](C)CC[C@@]1(C)Cc1nc2ccc(C3(C(=O)OCC)COC3)cc2[nH]1. The maximum Gasteiger partial charge on any atom is 0.321 e. The molecule has 2 atom stereocenters. The van der Waals surface area contributed by atoms with Crippen LogP contribution in [0.4, 0.5) is 0 Å².